The molecule has 0 aliphatic heterocycles. The minimum absolute atomic E-state index is 0.0663. The molecule has 0 aromatic heterocycles. The minimum atomic E-state index is -0.0663. The summed E-state index contributed by atoms with van der Waals surface area (Å²) in [5.41, 5.74) is 0. The van der Waals surface area contributed by atoms with Crippen LogP contribution >= 0.6 is 11.8 Å². The van der Waals surface area contributed by atoms with Crippen molar-refractivity contribution in [1.82, 2.24) is 5.32 Å². The van der Waals surface area contributed by atoms with Crippen LogP contribution in [0.4, 0.5) is 0 Å². The van der Waals surface area contributed by atoms with Gasteiger partial charge in [-0.25, -0.2) is 0 Å². The molecule has 0 spiro atoms. The Labute approximate surface area is 72.8 Å². The molecule has 2 nitrogen and oxygen atoms in total. The molecule has 1 aliphatic rings. The van der Waals surface area contributed by atoms with E-state index in [0.717, 1.165) is 13.0 Å². The molecule has 0 unspecified atom stereocenters. The molecule has 1 fully saturated rings. The normalized spacial score (nSPS) is 37.9. The van der Waals surface area contributed by atoms with Crippen molar-refractivity contribution >= 4 is 11.8 Å². The number of thioether (sulfide) groups is 1. The first-order valence-electron chi connectivity index (χ1n) is 4.13. The highest BCUT2D eigenvalue weighted by Crippen LogP contribution is 2.32. The molecule has 2 N–H and O–H groups in total. The zero-order valence-corrected chi connectivity index (χ0v) is 8.03. The van der Waals surface area contributed by atoms with Gasteiger partial charge in [0.15, 0.2) is 0 Å². The van der Waals surface area contributed by atoms with Gasteiger partial charge in [-0.15, -0.1) is 0 Å². The summed E-state index contributed by atoms with van der Waals surface area (Å²) in [7, 11) is 1.97. The van der Waals surface area contributed by atoms with Crippen LogP contribution in [0.3, 0.4) is 0 Å². The zero-order valence-electron chi connectivity index (χ0n) is 7.21. The third-order valence-corrected chi connectivity index (χ3v) is 3.48. The van der Waals surface area contributed by atoms with Crippen LogP contribution in [0.1, 0.15) is 12.8 Å². The van der Waals surface area contributed by atoms with Crippen molar-refractivity contribution in [3.05, 3.63) is 0 Å². The van der Waals surface area contributed by atoms with Crippen molar-refractivity contribution in [2.24, 2.45) is 5.92 Å². The molecule has 66 valence electrons. The van der Waals surface area contributed by atoms with Crippen molar-refractivity contribution in [2.45, 2.75) is 24.2 Å². The Balaban J connectivity index is 2.30. The summed E-state index contributed by atoms with van der Waals surface area (Å²) in [5.74, 6) is 0.687. The number of hydrogen-bond donors (Lipinski definition) is 2. The molecule has 1 aliphatic carbocycles. The smallest absolute Gasteiger partial charge is 0.0661 e. The monoisotopic (exact) mass is 175 g/mol. The third kappa shape index (κ3) is 2.36. The lowest BCUT2D eigenvalue weighted by atomic mass is 10.1. The summed E-state index contributed by atoms with van der Waals surface area (Å²) in [4.78, 5) is 0. The molecule has 11 heavy (non-hydrogen) atoms. The minimum Gasteiger partial charge on any atom is -0.392 e. The maximum absolute atomic E-state index is 9.54. The average molecular weight is 175 g/mol. The van der Waals surface area contributed by atoms with Gasteiger partial charge < -0.3 is 10.4 Å². The second kappa shape index (κ2) is 4.33. The van der Waals surface area contributed by atoms with Gasteiger partial charge in [-0.3, -0.25) is 0 Å². The van der Waals surface area contributed by atoms with E-state index in [1.807, 2.05) is 7.05 Å². The first kappa shape index (κ1) is 9.36. The van der Waals surface area contributed by atoms with E-state index in [1.54, 1.807) is 11.8 Å². The highest BCUT2D eigenvalue weighted by molar-refractivity contribution is 7.99. The molecule has 0 aromatic rings. The largest absolute Gasteiger partial charge is 0.392 e. The van der Waals surface area contributed by atoms with Gasteiger partial charge in [-0.1, -0.05) is 0 Å². The zero-order chi connectivity index (χ0) is 8.27. The van der Waals surface area contributed by atoms with Gasteiger partial charge in [0.2, 0.25) is 0 Å². The fourth-order valence-corrected chi connectivity index (χ4v) is 2.67. The molecule has 0 amide bonds. The van der Waals surface area contributed by atoms with E-state index in [2.05, 4.69) is 11.6 Å². The maximum Gasteiger partial charge on any atom is 0.0661 e. The van der Waals surface area contributed by atoms with Crippen molar-refractivity contribution in [3.63, 3.8) is 0 Å². The summed E-state index contributed by atoms with van der Waals surface area (Å²) < 4.78 is 0. The van der Waals surface area contributed by atoms with E-state index in [-0.39, 0.29) is 6.10 Å². The molecule has 1 saturated carbocycles. The molecule has 0 radical (unpaired) electrons. The number of aliphatic hydroxyl groups excluding tert-OH is 1. The van der Waals surface area contributed by atoms with E-state index in [4.69, 9.17) is 0 Å². The Bertz CT molecular complexity index is 121. The van der Waals surface area contributed by atoms with Crippen molar-refractivity contribution < 1.29 is 5.11 Å². The molecule has 0 bridgehead atoms. The van der Waals surface area contributed by atoms with Crippen LogP contribution in [0.15, 0.2) is 0 Å². The van der Waals surface area contributed by atoms with Crippen LogP contribution in [-0.2, 0) is 0 Å². The standard InChI is InChI=1S/C8H17NOS/c1-9-5-6-3-7(10)8(4-6)11-2/h6-10H,3-5H2,1-2H3/t6-,7-,8-/m0/s1. The first-order chi connectivity index (χ1) is 5.27. The first-order valence-corrected chi connectivity index (χ1v) is 5.42. The van der Waals surface area contributed by atoms with Crippen LogP contribution in [-0.4, -0.2) is 36.3 Å². The van der Waals surface area contributed by atoms with Crippen LogP contribution < -0.4 is 5.32 Å². The van der Waals surface area contributed by atoms with Gasteiger partial charge in [0.25, 0.3) is 0 Å². The lowest BCUT2D eigenvalue weighted by molar-refractivity contribution is 0.182. The second-order valence-corrected chi connectivity index (χ2v) is 4.31. The Morgan fingerprint density at radius 2 is 2.27 bits per heavy atom. The predicted molar refractivity (Wildman–Crippen MR) is 50.0 cm³/mol. The van der Waals surface area contributed by atoms with Crippen molar-refractivity contribution in [3.8, 4) is 0 Å². The summed E-state index contributed by atoms with van der Waals surface area (Å²) >= 11 is 1.79. The van der Waals surface area contributed by atoms with E-state index in [1.165, 1.54) is 6.42 Å². The van der Waals surface area contributed by atoms with E-state index < -0.39 is 0 Å². The SMILES string of the molecule is CNC[C@@H]1C[C@H](SC)[C@@H](O)C1. The molecule has 3 atom stereocenters. The number of aliphatic hydroxyl groups is 1. The van der Waals surface area contributed by atoms with Gasteiger partial charge in [0.05, 0.1) is 6.10 Å². The Morgan fingerprint density at radius 3 is 2.73 bits per heavy atom. The Hall–Kier alpha value is 0.270. The summed E-state index contributed by atoms with van der Waals surface area (Å²) in [5, 5.41) is 13.2. The van der Waals surface area contributed by atoms with Crippen molar-refractivity contribution in [2.75, 3.05) is 19.8 Å². The second-order valence-electron chi connectivity index (χ2n) is 3.24. The van der Waals surface area contributed by atoms with E-state index >= 15 is 0 Å². The lowest BCUT2D eigenvalue weighted by Gasteiger charge is -2.09. The van der Waals surface area contributed by atoms with Gasteiger partial charge >= 0.3 is 0 Å². The third-order valence-electron chi connectivity index (χ3n) is 2.37. The molecule has 0 aromatic carbocycles. The van der Waals surface area contributed by atoms with Gasteiger partial charge in [-0.05, 0) is 38.6 Å². The van der Waals surface area contributed by atoms with E-state index in [0.29, 0.717) is 11.2 Å². The number of nitrogens with one attached hydrogen (secondary N) is 1. The maximum atomic E-state index is 9.54. The Morgan fingerprint density at radius 1 is 1.55 bits per heavy atom. The quantitative estimate of drug-likeness (QED) is 0.662. The number of hydrogen-bond acceptors (Lipinski definition) is 3. The predicted octanol–water partition coefficient (Wildman–Crippen LogP) is 0.708. The van der Waals surface area contributed by atoms with E-state index in [9.17, 15) is 5.11 Å². The van der Waals surface area contributed by atoms with Crippen LogP contribution in [0.25, 0.3) is 0 Å². The van der Waals surface area contributed by atoms with Crippen LogP contribution in [0.2, 0.25) is 0 Å². The molecular formula is C8H17NOS. The highest BCUT2D eigenvalue weighted by atomic mass is 32.2. The fourth-order valence-electron chi connectivity index (χ4n) is 1.78. The van der Waals surface area contributed by atoms with Crippen LogP contribution in [0.5, 0.6) is 0 Å². The molecule has 3 heteroatoms. The van der Waals surface area contributed by atoms with Crippen molar-refractivity contribution in [1.29, 1.82) is 0 Å². The molecular weight excluding hydrogens is 158 g/mol. The highest BCUT2D eigenvalue weighted by Gasteiger charge is 2.31. The average Bonchev–Trinajstić information content (AvgIpc) is 2.32. The van der Waals surface area contributed by atoms with Gasteiger partial charge in [0, 0.05) is 5.25 Å². The number of rotatable bonds is 3. The Kier molecular flexibility index (Phi) is 3.69. The summed E-state index contributed by atoms with van der Waals surface area (Å²) in [6.07, 6.45) is 4.16. The summed E-state index contributed by atoms with van der Waals surface area (Å²) in [6.45, 7) is 1.05. The topological polar surface area (TPSA) is 32.3 Å². The van der Waals surface area contributed by atoms with Gasteiger partial charge in [0.1, 0.15) is 0 Å². The summed E-state index contributed by atoms with van der Waals surface area (Å²) in [6, 6.07) is 0. The van der Waals surface area contributed by atoms with Gasteiger partial charge in [-0.2, -0.15) is 11.8 Å². The molecule has 0 heterocycles. The molecule has 1 rings (SSSR count). The molecule has 0 saturated heterocycles. The lowest BCUT2D eigenvalue weighted by Crippen LogP contribution is -2.16. The van der Waals surface area contributed by atoms with Crippen LogP contribution in [0, 0.1) is 5.92 Å². The fraction of sp³-hybridized carbons (Fsp3) is 1.00.